The molecule has 6 heteroatoms. The van der Waals surface area contributed by atoms with Crippen LogP contribution in [0.4, 0.5) is 5.13 Å². The number of nitrogens with zero attached hydrogens (tertiary/aromatic N) is 2. The first-order valence-corrected chi connectivity index (χ1v) is 8.56. The number of hydrogen-bond donors (Lipinski definition) is 1. The zero-order valence-corrected chi connectivity index (χ0v) is 14.4. The van der Waals surface area contributed by atoms with Crippen molar-refractivity contribution < 1.29 is 9.53 Å². The molecule has 122 valence electrons. The van der Waals surface area contributed by atoms with Gasteiger partial charge in [-0.25, -0.2) is 4.98 Å². The van der Waals surface area contributed by atoms with Crippen molar-refractivity contribution in [1.29, 1.82) is 0 Å². The number of benzene rings is 1. The third kappa shape index (κ3) is 3.54. The summed E-state index contributed by atoms with van der Waals surface area (Å²) < 4.78 is 5.16. The number of aromatic nitrogens is 1. The van der Waals surface area contributed by atoms with Gasteiger partial charge in [0.25, 0.3) is 5.91 Å². The lowest BCUT2D eigenvalue weighted by Crippen LogP contribution is -2.35. The summed E-state index contributed by atoms with van der Waals surface area (Å²) in [6.45, 7) is 6.35. The SMILES string of the molecule is COc1cccc(C(=O)Nc2nc3c(s2)CN(C(C)C)CC3)c1. The minimum Gasteiger partial charge on any atom is -0.497 e. The summed E-state index contributed by atoms with van der Waals surface area (Å²) in [5.74, 6) is 0.513. The lowest BCUT2D eigenvalue weighted by molar-refractivity contribution is 0.102. The number of fused-ring (bicyclic) bond motifs is 1. The van der Waals surface area contributed by atoms with Crippen LogP contribution in [0.25, 0.3) is 0 Å². The van der Waals surface area contributed by atoms with E-state index in [0.29, 0.717) is 22.5 Å². The number of carbonyl (C=O) groups excluding carboxylic acids is 1. The Bertz CT molecular complexity index is 712. The third-order valence-electron chi connectivity index (χ3n) is 4.04. The number of ether oxygens (including phenoxy) is 1. The third-order valence-corrected chi connectivity index (χ3v) is 5.04. The highest BCUT2D eigenvalue weighted by atomic mass is 32.1. The molecule has 0 radical (unpaired) electrons. The summed E-state index contributed by atoms with van der Waals surface area (Å²) in [5.41, 5.74) is 1.69. The molecule has 2 heterocycles. The molecule has 0 bridgehead atoms. The lowest BCUT2D eigenvalue weighted by Gasteiger charge is -2.29. The van der Waals surface area contributed by atoms with Gasteiger partial charge in [-0.15, -0.1) is 11.3 Å². The van der Waals surface area contributed by atoms with Gasteiger partial charge in [0, 0.05) is 36.0 Å². The van der Waals surface area contributed by atoms with Crippen LogP contribution in [0, 0.1) is 0 Å². The monoisotopic (exact) mass is 331 g/mol. The first kappa shape index (κ1) is 16.0. The van der Waals surface area contributed by atoms with Crippen LogP contribution in [-0.2, 0) is 13.0 Å². The van der Waals surface area contributed by atoms with Gasteiger partial charge in [0.05, 0.1) is 12.8 Å². The van der Waals surface area contributed by atoms with Crippen LogP contribution in [0.5, 0.6) is 5.75 Å². The zero-order valence-electron chi connectivity index (χ0n) is 13.6. The maximum absolute atomic E-state index is 12.4. The zero-order chi connectivity index (χ0) is 16.4. The topological polar surface area (TPSA) is 54.5 Å². The molecule has 1 aliphatic rings. The minimum atomic E-state index is -0.157. The number of anilines is 1. The first-order chi connectivity index (χ1) is 11.1. The summed E-state index contributed by atoms with van der Waals surface area (Å²) in [4.78, 5) is 20.6. The Kier molecular flexibility index (Phi) is 4.63. The summed E-state index contributed by atoms with van der Waals surface area (Å²) in [7, 11) is 1.59. The molecule has 0 unspecified atom stereocenters. The predicted molar refractivity (Wildman–Crippen MR) is 92.3 cm³/mol. The lowest BCUT2D eigenvalue weighted by atomic mass is 10.1. The van der Waals surface area contributed by atoms with Gasteiger partial charge in [-0.2, -0.15) is 0 Å². The van der Waals surface area contributed by atoms with Gasteiger partial charge < -0.3 is 4.74 Å². The fraction of sp³-hybridized carbons (Fsp3) is 0.412. The second-order valence-electron chi connectivity index (χ2n) is 5.89. The fourth-order valence-corrected chi connectivity index (χ4v) is 3.67. The minimum absolute atomic E-state index is 0.157. The molecule has 0 aliphatic carbocycles. The number of hydrogen-bond acceptors (Lipinski definition) is 5. The van der Waals surface area contributed by atoms with E-state index in [-0.39, 0.29) is 5.91 Å². The molecule has 0 saturated carbocycles. The Hall–Kier alpha value is -1.92. The van der Waals surface area contributed by atoms with E-state index >= 15 is 0 Å². The van der Waals surface area contributed by atoms with Crippen molar-refractivity contribution in [3.8, 4) is 5.75 Å². The highest BCUT2D eigenvalue weighted by Gasteiger charge is 2.22. The van der Waals surface area contributed by atoms with Crippen molar-refractivity contribution >= 4 is 22.4 Å². The second kappa shape index (κ2) is 6.68. The molecule has 1 amide bonds. The molecule has 5 nitrogen and oxygen atoms in total. The molecule has 0 atom stereocenters. The van der Waals surface area contributed by atoms with Gasteiger partial charge in [0.2, 0.25) is 0 Å². The van der Waals surface area contributed by atoms with Gasteiger partial charge in [-0.05, 0) is 32.0 Å². The number of nitrogens with one attached hydrogen (secondary N) is 1. The Balaban J connectivity index is 1.73. The highest BCUT2D eigenvalue weighted by molar-refractivity contribution is 7.15. The Labute approximate surface area is 140 Å². The molecule has 0 fully saturated rings. The molecule has 23 heavy (non-hydrogen) atoms. The number of thiazole rings is 1. The Morgan fingerprint density at radius 1 is 1.43 bits per heavy atom. The molecule has 3 rings (SSSR count). The quantitative estimate of drug-likeness (QED) is 0.935. The molecule has 1 aliphatic heterocycles. The van der Waals surface area contributed by atoms with Crippen LogP contribution < -0.4 is 10.1 Å². The Morgan fingerprint density at radius 3 is 3.00 bits per heavy atom. The van der Waals surface area contributed by atoms with E-state index in [4.69, 9.17) is 4.74 Å². The van der Waals surface area contributed by atoms with Gasteiger partial charge >= 0.3 is 0 Å². The van der Waals surface area contributed by atoms with E-state index in [1.165, 1.54) is 4.88 Å². The second-order valence-corrected chi connectivity index (χ2v) is 6.97. The summed E-state index contributed by atoms with van der Waals surface area (Å²) >= 11 is 1.57. The van der Waals surface area contributed by atoms with Crippen molar-refractivity contribution in [2.24, 2.45) is 0 Å². The largest absolute Gasteiger partial charge is 0.497 e. The van der Waals surface area contributed by atoms with E-state index in [1.54, 1.807) is 36.6 Å². The van der Waals surface area contributed by atoms with Crippen molar-refractivity contribution in [2.45, 2.75) is 32.9 Å². The molecule has 0 saturated heterocycles. The number of rotatable bonds is 4. The van der Waals surface area contributed by atoms with Crippen LogP contribution in [-0.4, -0.2) is 35.5 Å². The van der Waals surface area contributed by atoms with E-state index in [9.17, 15) is 4.79 Å². The predicted octanol–water partition coefficient (Wildman–Crippen LogP) is 3.17. The summed E-state index contributed by atoms with van der Waals surface area (Å²) in [5, 5.41) is 3.58. The van der Waals surface area contributed by atoms with E-state index in [1.807, 2.05) is 6.07 Å². The molecule has 1 aromatic carbocycles. The van der Waals surface area contributed by atoms with Crippen LogP contribution in [0.3, 0.4) is 0 Å². The van der Waals surface area contributed by atoms with Crippen LogP contribution >= 0.6 is 11.3 Å². The smallest absolute Gasteiger partial charge is 0.257 e. The van der Waals surface area contributed by atoms with Crippen LogP contribution in [0.1, 0.15) is 34.8 Å². The van der Waals surface area contributed by atoms with Crippen molar-refractivity contribution in [3.05, 3.63) is 40.4 Å². The maximum atomic E-state index is 12.4. The van der Waals surface area contributed by atoms with E-state index < -0.39 is 0 Å². The van der Waals surface area contributed by atoms with Crippen molar-refractivity contribution in [3.63, 3.8) is 0 Å². The number of carbonyl (C=O) groups is 1. The average molecular weight is 331 g/mol. The maximum Gasteiger partial charge on any atom is 0.257 e. The van der Waals surface area contributed by atoms with Gasteiger partial charge in [0.15, 0.2) is 5.13 Å². The molecule has 0 spiro atoms. The first-order valence-electron chi connectivity index (χ1n) is 7.75. The number of methoxy groups -OCH3 is 1. The molecule has 1 aromatic heterocycles. The molecule has 1 N–H and O–H groups in total. The van der Waals surface area contributed by atoms with Crippen LogP contribution in [0.2, 0.25) is 0 Å². The summed E-state index contributed by atoms with van der Waals surface area (Å²) in [6.07, 6.45) is 0.943. The van der Waals surface area contributed by atoms with Gasteiger partial charge in [-0.1, -0.05) is 6.07 Å². The summed E-state index contributed by atoms with van der Waals surface area (Å²) in [6, 6.07) is 7.65. The number of amides is 1. The highest BCUT2D eigenvalue weighted by Crippen LogP contribution is 2.29. The van der Waals surface area contributed by atoms with Crippen molar-refractivity contribution in [2.75, 3.05) is 19.0 Å². The van der Waals surface area contributed by atoms with Gasteiger partial charge in [-0.3, -0.25) is 15.0 Å². The normalized spacial score (nSPS) is 14.6. The Morgan fingerprint density at radius 2 is 2.26 bits per heavy atom. The standard InChI is InChI=1S/C17H21N3O2S/c1-11(2)20-8-7-14-15(10-20)23-17(18-14)19-16(21)12-5-4-6-13(9-12)22-3/h4-6,9,11H,7-8,10H2,1-3H3,(H,18,19,21). The van der Waals surface area contributed by atoms with E-state index in [2.05, 4.69) is 29.0 Å². The average Bonchev–Trinajstić information content (AvgIpc) is 2.96. The molecule has 2 aromatic rings. The molecular weight excluding hydrogens is 310 g/mol. The fourth-order valence-electron chi connectivity index (χ4n) is 2.64. The van der Waals surface area contributed by atoms with Crippen molar-refractivity contribution in [1.82, 2.24) is 9.88 Å². The van der Waals surface area contributed by atoms with E-state index in [0.717, 1.165) is 25.2 Å². The molecular formula is C17H21N3O2S. The van der Waals surface area contributed by atoms with Crippen LogP contribution in [0.15, 0.2) is 24.3 Å². The van der Waals surface area contributed by atoms with Gasteiger partial charge in [0.1, 0.15) is 5.75 Å².